The molecule has 0 aromatic carbocycles. The number of carbonyl (C=O) groups excluding carboxylic acids is 2. The molecule has 4 heteroatoms. The number of esters is 2. The van der Waals surface area contributed by atoms with Gasteiger partial charge in [0.1, 0.15) is 0 Å². The lowest BCUT2D eigenvalue weighted by molar-refractivity contribution is -0.144. The third kappa shape index (κ3) is 36.5. The minimum atomic E-state index is -0.0124. The average Bonchev–Trinajstić information content (AvgIpc) is 3.00. The van der Waals surface area contributed by atoms with E-state index in [1.165, 1.54) is 116 Å². The molecule has 0 aliphatic heterocycles. The van der Waals surface area contributed by atoms with Crippen LogP contribution in [0.3, 0.4) is 0 Å². The molecule has 0 aromatic heterocycles. The lowest BCUT2D eigenvalue weighted by Gasteiger charge is -2.06. The van der Waals surface area contributed by atoms with Gasteiger partial charge in [0.15, 0.2) is 0 Å². The van der Waals surface area contributed by atoms with Crippen LogP contribution in [0.1, 0.15) is 200 Å². The van der Waals surface area contributed by atoms with Crippen molar-refractivity contribution in [3.8, 4) is 0 Å². The molecule has 0 saturated carbocycles. The third-order valence-corrected chi connectivity index (χ3v) is 8.13. The van der Waals surface area contributed by atoms with E-state index in [-0.39, 0.29) is 11.9 Å². The number of rotatable bonds is 34. The molecule has 0 spiro atoms. The van der Waals surface area contributed by atoms with Crippen molar-refractivity contribution in [2.24, 2.45) is 0 Å². The first-order chi connectivity index (χ1) is 21.2. The molecule has 0 radical (unpaired) electrons. The minimum absolute atomic E-state index is 0.0120. The van der Waals surface area contributed by atoms with Gasteiger partial charge in [-0.05, 0) is 57.8 Å². The van der Waals surface area contributed by atoms with E-state index < -0.39 is 0 Å². The highest BCUT2D eigenvalue weighted by Gasteiger charge is 2.03. The normalized spacial score (nSPS) is 11.6. The molecule has 0 atom stereocenters. The van der Waals surface area contributed by atoms with Gasteiger partial charge in [-0.15, -0.1) is 0 Å². The number of carbonyl (C=O) groups is 2. The summed E-state index contributed by atoms with van der Waals surface area (Å²) in [5, 5.41) is 0. The number of unbranched alkanes of at least 4 members (excludes halogenated alkanes) is 22. The van der Waals surface area contributed by atoms with Gasteiger partial charge in [-0.3, -0.25) is 9.59 Å². The summed E-state index contributed by atoms with van der Waals surface area (Å²) in [5.41, 5.74) is 0. The Balaban J connectivity index is 3.26. The second-order valence-electron chi connectivity index (χ2n) is 12.5. The standard InChI is InChI=1S/C39H72O4/c1-3-5-7-9-10-11-12-13-14-15-17-20-23-27-31-35-39(41)43-37-33-29-25-22-19-16-18-21-24-28-32-36-42-38(40)34-30-26-8-6-4-2/h10-11,13-14H,3-9,12,15-37H2,1-2H3. The predicted octanol–water partition coefficient (Wildman–Crippen LogP) is 12.5. The van der Waals surface area contributed by atoms with E-state index in [2.05, 4.69) is 38.2 Å². The van der Waals surface area contributed by atoms with E-state index >= 15 is 0 Å². The van der Waals surface area contributed by atoms with Gasteiger partial charge in [-0.25, -0.2) is 0 Å². The van der Waals surface area contributed by atoms with Gasteiger partial charge in [0.25, 0.3) is 0 Å². The van der Waals surface area contributed by atoms with Crippen molar-refractivity contribution in [3.05, 3.63) is 24.3 Å². The quantitative estimate of drug-likeness (QED) is 0.0416. The van der Waals surface area contributed by atoms with E-state index in [4.69, 9.17) is 9.47 Å². The maximum absolute atomic E-state index is 11.9. The Hall–Kier alpha value is -1.58. The number of allylic oxidation sites excluding steroid dienone is 4. The second-order valence-corrected chi connectivity index (χ2v) is 12.5. The maximum Gasteiger partial charge on any atom is 0.305 e. The van der Waals surface area contributed by atoms with Crippen molar-refractivity contribution in [2.75, 3.05) is 13.2 Å². The van der Waals surface area contributed by atoms with Crippen LogP contribution in [0.15, 0.2) is 24.3 Å². The average molecular weight is 605 g/mol. The van der Waals surface area contributed by atoms with Gasteiger partial charge in [0, 0.05) is 12.8 Å². The van der Waals surface area contributed by atoms with Crippen LogP contribution >= 0.6 is 0 Å². The Bertz CT molecular complexity index is 639. The fourth-order valence-electron chi connectivity index (χ4n) is 5.27. The molecule has 0 amide bonds. The van der Waals surface area contributed by atoms with Gasteiger partial charge in [-0.1, -0.05) is 154 Å². The van der Waals surface area contributed by atoms with Gasteiger partial charge < -0.3 is 9.47 Å². The molecule has 43 heavy (non-hydrogen) atoms. The summed E-state index contributed by atoms with van der Waals surface area (Å²) in [4.78, 5) is 23.6. The molecule has 0 aliphatic carbocycles. The Labute approximate surface area is 268 Å². The Morgan fingerprint density at radius 1 is 0.395 bits per heavy atom. The molecule has 0 saturated heterocycles. The van der Waals surface area contributed by atoms with Crippen LogP contribution in [0, 0.1) is 0 Å². The van der Waals surface area contributed by atoms with E-state index in [1.54, 1.807) is 0 Å². The lowest BCUT2D eigenvalue weighted by atomic mass is 10.1. The SMILES string of the molecule is CCCCCC=CCC=CCCCCCCCC(=O)OCCCCCCCCCCCCCOC(=O)CCCCCCC. The molecule has 0 aromatic rings. The van der Waals surface area contributed by atoms with Crippen molar-refractivity contribution in [1.82, 2.24) is 0 Å². The molecular weight excluding hydrogens is 532 g/mol. The molecule has 0 fully saturated rings. The van der Waals surface area contributed by atoms with Gasteiger partial charge in [-0.2, -0.15) is 0 Å². The maximum atomic E-state index is 11.9. The smallest absolute Gasteiger partial charge is 0.305 e. The van der Waals surface area contributed by atoms with Crippen molar-refractivity contribution in [2.45, 2.75) is 200 Å². The van der Waals surface area contributed by atoms with E-state index in [0.29, 0.717) is 26.1 Å². The van der Waals surface area contributed by atoms with Crippen molar-refractivity contribution < 1.29 is 19.1 Å². The topological polar surface area (TPSA) is 52.6 Å². The van der Waals surface area contributed by atoms with Crippen LogP contribution in [0.5, 0.6) is 0 Å². The highest BCUT2D eigenvalue weighted by Crippen LogP contribution is 2.13. The van der Waals surface area contributed by atoms with Crippen LogP contribution in [0.4, 0.5) is 0 Å². The van der Waals surface area contributed by atoms with Gasteiger partial charge >= 0.3 is 11.9 Å². The third-order valence-electron chi connectivity index (χ3n) is 8.13. The fraction of sp³-hybridized carbons (Fsp3) is 0.846. The van der Waals surface area contributed by atoms with Crippen LogP contribution < -0.4 is 0 Å². The summed E-state index contributed by atoms with van der Waals surface area (Å²) < 4.78 is 10.8. The van der Waals surface area contributed by atoms with Crippen molar-refractivity contribution >= 4 is 11.9 Å². The first kappa shape index (κ1) is 41.4. The Morgan fingerprint density at radius 3 is 1.16 bits per heavy atom. The highest BCUT2D eigenvalue weighted by molar-refractivity contribution is 5.69. The zero-order valence-corrected chi connectivity index (χ0v) is 28.9. The summed E-state index contributed by atoms with van der Waals surface area (Å²) >= 11 is 0. The lowest BCUT2D eigenvalue weighted by Crippen LogP contribution is -2.05. The zero-order valence-electron chi connectivity index (χ0n) is 28.9. The van der Waals surface area contributed by atoms with E-state index in [0.717, 1.165) is 57.8 Å². The Morgan fingerprint density at radius 2 is 0.721 bits per heavy atom. The largest absolute Gasteiger partial charge is 0.466 e. The first-order valence-corrected chi connectivity index (χ1v) is 18.8. The number of ether oxygens (including phenoxy) is 2. The second kappa shape index (κ2) is 36.6. The van der Waals surface area contributed by atoms with Crippen molar-refractivity contribution in [1.29, 1.82) is 0 Å². The molecule has 0 rings (SSSR count). The van der Waals surface area contributed by atoms with Crippen molar-refractivity contribution in [3.63, 3.8) is 0 Å². The summed E-state index contributed by atoms with van der Waals surface area (Å²) in [6.45, 7) is 5.64. The van der Waals surface area contributed by atoms with Crippen LogP contribution in [0.2, 0.25) is 0 Å². The van der Waals surface area contributed by atoms with Crippen LogP contribution in [0.25, 0.3) is 0 Å². The van der Waals surface area contributed by atoms with Gasteiger partial charge in [0.05, 0.1) is 13.2 Å². The molecule has 0 heterocycles. The molecule has 0 unspecified atom stereocenters. The molecular formula is C39H72O4. The molecule has 0 bridgehead atoms. The van der Waals surface area contributed by atoms with Gasteiger partial charge in [0.2, 0.25) is 0 Å². The molecule has 252 valence electrons. The minimum Gasteiger partial charge on any atom is -0.466 e. The van der Waals surface area contributed by atoms with E-state index in [9.17, 15) is 9.59 Å². The zero-order chi connectivity index (χ0) is 31.3. The van der Waals surface area contributed by atoms with E-state index in [1.807, 2.05) is 0 Å². The Kier molecular flexibility index (Phi) is 35.3. The summed E-state index contributed by atoms with van der Waals surface area (Å²) in [6.07, 6.45) is 42.8. The van der Waals surface area contributed by atoms with Crippen LogP contribution in [-0.2, 0) is 19.1 Å². The summed E-state index contributed by atoms with van der Waals surface area (Å²) in [5.74, 6) is -0.0243. The predicted molar refractivity (Wildman–Crippen MR) is 185 cm³/mol. The first-order valence-electron chi connectivity index (χ1n) is 18.8. The number of hydrogen-bond acceptors (Lipinski definition) is 4. The summed E-state index contributed by atoms with van der Waals surface area (Å²) in [7, 11) is 0. The highest BCUT2D eigenvalue weighted by atomic mass is 16.5. The molecule has 0 N–H and O–H groups in total. The molecule has 0 aliphatic rings. The fourth-order valence-corrected chi connectivity index (χ4v) is 5.27. The monoisotopic (exact) mass is 605 g/mol. The number of hydrogen-bond donors (Lipinski definition) is 0. The summed E-state index contributed by atoms with van der Waals surface area (Å²) in [6, 6.07) is 0. The molecule has 4 nitrogen and oxygen atoms in total. The van der Waals surface area contributed by atoms with Crippen LogP contribution in [-0.4, -0.2) is 25.2 Å².